The summed E-state index contributed by atoms with van der Waals surface area (Å²) in [5.41, 5.74) is 4.29. The molecule has 1 aromatic carbocycles. The number of amidine groups is 1. The zero-order valence-electron chi connectivity index (χ0n) is 24.9. The quantitative estimate of drug-likeness (QED) is 0.309. The molecule has 2 atom stereocenters. The van der Waals surface area contributed by atoms with Gasteiger partial charge in [-0.3, -0.25) is 14.7 Å². The van der Waals surface area contributed by atoms with Gasteiger partial charge in [0.15, 0.2) is 0 Å². The number of pyridine rings is 1. The van der Waals surface area contributed by atoms with Crippen LogP contribution in [0.4, 0.5) is 5.69 Å². The Morgan fingerprint density at radius 3 is 2.79 bits per heavy atom. The van der Waals surface area contributed by atoms with Crippen molar-refractivity contribution in [2.24, 2.45) is 10.9 Å². The van der Waals surface area contributed by atoms with E-state index in [-0.39, 0.29) is 5.91 Å². The summed E-state index contributed by atoms with van der Waals surface area (Å²) in [4.78, 5) is 30.9. The SMILES string of the molecule is CCCC1CCCC(N2CCN(C(=O)c3cc4cc(NC5=NC(c6ccccn6)=CC=CCC5)ccc4[nH]3)CC2)CC1. The highest BCUT2D eigenvalue weighted by atomic mass is 16.2. The summed E-state index contributed by atoms with van der Waals surface area (Å²) in [6.07, 6.45) is 19.2. The standard InChI is InChI=1S/C35H44N6O/c1-2-9-26-10-8-11-29(17-15-26)40-20-22-41(23-21-40)35(42)33-25-27-24-28(16-18-30(27)38-33)37-34-14-5-3-4-13-32(39-34)31-12-6-7-19-36-31/h3-4,6-7,12-13,16,18-19,24-26,29,38H,2,5,8-11,14-15,17,20-23H2,1H3,(H,37,39). The van der Waals surface area contributed by atoms with Gasteiger partial charge in [0.1, 0.15) is 11.5 Å². The van der Waals surface area contributed by atoms with Crippen LogP contribution in [0.2, 0.25) is 0 Å². The van der Waals surface area contributed by atoms with Crippen molar-refractivity contribution in [2.45, 2.75) is 70.8 Å². The number of allylic oxidation sites excluding steroid dienone is 3. The number of aromatic nitrogens is 2. The lowest BCUT2D eigenvalue weighted by molar-refractivity contribution is 0.0546. The van der Waals surface area contributed by atoms with Crippen molar-refractivity contribution in [3.05, 3.63) is 78.3 Å². The normalized spacial score (nSPS) is 22.2. The Balaban J connectivity index is 1.09. The number of hydrogen-bond donors (Lipinski definition) is 2. The fourth-order valence-corrected chi connectivity index (χ4v) is 6.84. The molecular weight excluding hydrogens is 520 g/mol. The lowest BCUT2D eigenvalue weighted by Gasteiger charge is -2.39. The zero-order chi connectivity index (χ0) is 28.7. The smallest absolute Gasteiger partial charge is 0.270 e. The van der Waals surface area contributed by atoms with Crippen molar-refractivity contribution in [1.82, 2.24) is 19.8 Å². The number of hydrogen-bond acceptors (Lipinski definition) is 5. The van der Waals surface area contributed by atoms with Crippen LogP contribution in [0.25, 0.3) is 16.6 Å². The number of piperazine rings is 1. The van der Waals surface area contributed by atoms with Crippen LogP contribution in [0, 0.1) is 5.92 Å². The summed E-state index contributed by atoms with van der Waals surface area (Å²) >= 11 is 0. The predicted molar refractivity (Wildman–Crippen MR) is 173 cm³/mol. The molecule has 6 rings (SSSR count). The van der Waals surface area contributed by atoms with Gasteiger partial charge in [-0.05, 0) is 74.1 Å². The largest absolute Gasteiger partial charge is 0.351 e. The van der Waals surface area contributed by atoms with Crippen molar-refractivity contribution >= 4 is 34.0 Å². The first-order chi connectivity index (χ1) is 20.7. The van der Waals surface area contributed by atoms with Gasteiger partial charge in [0.05, 0.1) is 11.4 Å². The molecule has 2 aromatic heterocycles. The average Bonchev–Trinajstić information content (AvgIpc) is 3.29. The first-order valence-corrected chi connectivity index (χ1v) is 15.9. The highest BCUT2D eigenvalue weighted by Crippen LogP contribution is 2.30. The van der Waals surface area contributed by atoms with Crippen LogP contribution in [-0.2, 0) is 0 Å². The van der Waals surface area contributed by atoms with Crippen molar-refractivity contribution < 1.29 is 4.79 Å². The van der Waals surface area contributed by atoms with E-state index in [9.17, 15) is 4.79 Å². The van der Waals surface area contributed by atoms with Gasteiger partial charge in [-0.25, -0.2) is 4.99 Å². The molecule has 7 nitrogen and oxygen atoms in total. The first-order valence-electron chi connectivity index (χ1n) is 15.9. The van der Waals surface area contributed by atoms with E-state index in [1.54, 1.807) is 6.20 Å². The van der Waals surface area contributed by atoms with E-state index in [1.165, 1.54) is 44.9 Å². The van der Waals surface area contributed by atoms with E-state index in [4.69, 9.17) is 4.99 Å². The molecule has 1 saturated heterocycles. The van der Waals surface area contributed by atoms with Crippen LogP contribution in [0.15, 0.2) is 71.9 Å². The van der Waals surface area contributed by atoms with Crippen LogP contribution in [0.3, 0.4) is 0 Å². The van der Waals surface area contributed by atoms with Crippen molar-refractivity contribution in [2.75, 3.05) is 31.5 Å². The molecule has 0 radical (unpaired) electrons. The molecule has 1 amide bonds. The monoisotopic (exact) mass is 564 g/mol. The Labute approximate surface area is 249 Å². The highest BCUT2D eigenvalue weighted by molar-refractivity contribution is 6.02. The van der Waals surface area contributed by atoms with Gasteiger partial charge in [0, 0.05) is 61.4 Å². The maximum atomic E-state index is 13.5. The first kappa shape index (κ1) is 28.4. The Morgan fingerprint density at radius 2 is 1.95 bits per heavy atom. The minimum atomic E-state index is 0.102. The predicted octanol–water partition coefficient (Wildman–Crippen LogP) is 7.27. The molecule has 3 aliphatic rings. The molecule has 1 aliphatic carbocycles. The number of aliphatic imine (C=N–C) groups is 1. The Morgan fingerprint density at radius 1 is 1.05 bits per heavy atom. The number of fused-ring (bicyclic) bond motifs is 1. The van der Waals surface area contributed by atoms with Gasteiger partial charge in [-0.1, -0.05) is 50.8 Å². The highest BCUT2D eigenvalue weighted by Gasteiger charge is 2.29. The number of carbonyl (C=O) groups is 1. The van der Waals surface area contributed by atoms with Crippen molar-refractivity contribution in [3.8, 4) is 0 Å². The minimum absolute atomic E-state index is 0.102. The third kappa shape index (κ3) is 6.84. The van der Waals surface area contributed by atoms with E-state index in [0.29, 0.717) is 11.7 Å². The second-order valence-electron chi connectivity index (χ2n) is 12.0. The summed E-state index contributed by atoms with van der Waals surface area (Å²) in [5.74, 6) is 1.92. The Bertz CT molecular complexity index is 1450. The number of carbonyl (C=O) groups excluding carboxylic acids is 1. The van der Waals surface area contributed by atoms with Crippen molar-refractivity contribution in [3.63, 3.8) is 0 Å². The molecule has 7 heteroatoms. The Kier molecular flexibility index (Phi) is 9.14. The maximum absolute atomic E-state index is 13.5. The van der Waals surface area contributed by atoms with E-state index in [1.807, 2.05) is 47.4 Å². The number of anilines is 1. The van der Waals surface area contributed by atoms with Crippen LogP contribution in [0.1, 0.15) is 80.9 Å². The number of H-pyrrole nitrogens is 1. The van der Waals surface area contributed by atoms with E-state index in [0.717, 1.165) is 78.8 Å². The van der Waals surface area contributed by atoms with Gasteiger partial charge < -0.3 is 15.2 Å². The minimum Gasteiger partial charge on any atom is -0.351 e. The number of rotatable bonds is 6. The van der Waals surface area contributed by atoms with E-state index in [2.05, 4.69) is 45.3 Å². The number of nitrogens with one attached hydrogen (secondary N) is 2. The Hall–Kier alpha value is -3.71. The number of benzene rings is 1. The fraction of sp³-hybridized carbons (Fsp3) is 0.457. The van der Waals surface area contributed by atoms with Gasteiger partial charge in [0.2, 0.25) is 0 Å². The molecule has 4 heterocycles. The zero-order valence-corrected chi connectivity index (χ0v) is 24.9. The van der Waals surface area contributed by atoms with Crippen LogP contribution in [-0.4, -0.2) is 63.7 Å². The van der Waals surface area contributed by atoms with Crippen molar-refractivity contribution in [1.29, 1.82) is 0 Å². The third-order valence-electron chi connectivity index (χ3n) is 9.13. The number of nitrogens with zero attached hydrogens (tertiary/aromatic N) is 4. The second kappa shape index (κ2) is 13.5. The molecular formula is C35H44N6O. The number of aromatic amines is 1. The van der Waals surface area contributed by atoms with E-state index >= 15 is 0 Å². The summed E-state index contributed by atoms with van der Waals surface area (Å²) in [6, 6.07) is 14.7. The maximum Gasteiger partial charge on any atom is 0.270 e. The molecule has 1 saturated carbocycles. The molecule has 2 N–H and O–H groups in total. The summed E-state index contributed by atoms with van der Waals surface area (Å²) in [6.45, 7) is 5.88. The van der Waals surface area contributed by atoms with Crippen LogP contribution < -0.4 is 5.32 Å². The van der Waals surface area contributed by atoms with Gasteiger partial charge in [-0.2, -0.15) is 0 Å². The molecule has 2 fully saturated rings. The van der Waals surface area contributed by atoms with Crippen LogP contribution in [0.5, 0.6) is 0 Å². The van der Waals surface area contributed by atoms with E-state index < -0.39 is 0 Å². The van der Waals surface area contributed by atoms with Crippen LogP contribution >= 0.6 is 0 Å². The molecule has 42 heavy (non-hydrogen) atoms. The third-order valence-corrected chi connectivity index (χ3v) is 9.13. The summed E-state index contributed by atoms with van der Waals surface area (Å²) < 4.78 is 0. The second-order valence-corrected chi connectivity index (χ2v) is 12.0. The fourth-order valence-electron chi connectivity index (χ4n) is 6.84. The summed E-state index contributed by atoms with van der Waals surface area (Å²) in [5, 5.41) is 4.55. The topological polar surface area (TPSA) is 76.6 Å². The molecule has 0 spiro atoms. The molecule has 220 valence electrons. The number of amides is 1. The lowest BCUT2D eigenvalue weighted by atomic mass is 9.95. The lowest BCUT2D eigenvalue weighted by Crippen LogP contribution is -2.52. The van der Waals surface area contributed by atoms with Gasteiger partial charge >= 0.3 is 0 Å². The molecule has 3 aromatic rings. The van der Waals surface area contributed by atoms with Gasteiger partial charge in [-0.15, -0.1) is 0 Å². The molecule has 2 aliphatic heterocycles. The van der Waals surface area contributed by atoms with Gasteiger partial charge in [0.25, 0.3) is 5.91 Å². The molecule has 2 unspecified atom stereocenters. The summed E-state index contributed by atoms with van der Waals surface area (Å²) in [7, 11) is 0. The molecule has 0 bridgehead atoms. The average molecular weight is 565 g/mol.